The third kappa shape index (κ3) is 4.47. The van der Waals surface area contributed by atoms with E-state index in [1.54, 1.807) is 0 Å². The number of amides is 3. The largest absolute Gasteiger partial charge is 0.480 e. The lowest BCUT2D eigenvalue weighted by Crippen LogP contribution is -2.46. The molecule has 3 amide bonds. The van der Waals surface area contributed by atoms with Crippen molar-refractivity contribution in [1.29, 1.82) is 0 Å². The van der Waals surface area contributed by atoms with Crippen LogP contribution in [-0.2, 0) is 19.2 Å². The van der Waals surface area contributed by atoms with Gasteiger partial charge < -0.3 is 16.2 Å². The Morgan fingerprint density at radius 1 is 1.25 bits per heavy atom. The van der Waals surface area contributed by atoms with E-state index < -0.39 is 36.3 Å². The van der Waals surface area contributed by atoms with Crippen LogP contribution in [0.25, 0.3) is 0 Å². The van der Waals surface area contributed by atoms with Crippen molar-refractivity contribution in [3.63, 3.8) is 0 Å². The average Bonchev–Trinajstić information content (AvgIpc) is 2.69. The van der Waals surface area contributed by atoms with Crippen molar-refractivity contribution in [3.8, 4) is 0 Å². The van der Waals surface area contributed by atoms with E-state index >= 15 is 0 Å². The summed E-state index contributed by atoms with van der Waals surface area (Å²) in [6.45, 7) is -0.0337. The summed E-state index contributed by atoms with van der Waals surface area (Å²) in [5.74, 6) is -3.01. The van der Waals surface area contributed by atoms with E-state index in [9.17, 15) is 19.2 Å². The quantitative estimate of drug-likeness (QED) is 0.371. The number of carbonyl (C=O) groups excluding carboxylic acids is 3. The van der Waals surface area contributed by atoms with Gasteiger partial charge in [-0.1, -0.05) is 0 Å². The highest BCUT2D eigenvalue weighted by atomic mass is 16.4. The molecule has 1 aliphatic heterocycles. The lowest BCUT2D eigenvalue weighted by Gasteiger charge is -2.17. The maximum Gasteiger partial charge on any atom is 0.326 e. The maximum atomic E-state index is 11.7. The molecule has 1 atom stereocenters. The molecule has 8 nitrogen and oxygen atoms in total. The Bertz CT molecular complexity index is 428. The molecule has 0 unspecified atom stereocenters. The number of aliphatic carboxylic acids is 1. The van der Waals surface area contributed by atoms with Gasteiger partial charge in [-0.2, -0.15) is 0 Å². The van der Waals surface area contributed by atoms with Crippen molar-refractivity contribution in [2.24, 2.45) is 5.73 Å². The first-order valence-electron chi connectivity index (χ1n) is 6.21. The highest BCUT2D eigenvalue weighted by Crippen LogP contribution is 2.04. The van der Waals surface area contributed by atoms with Crippen molar-refractivity contribution >= 4 is 23.7 Å². The highest BCUT2D eigenvalue weighted by Gasteiger charge is 2.27. The molecule has 0 aliphatic carbocycles. The van der Waals surface area contributed by atoms with Gasteiger partial charge in [0.25, 0.3) is 11.8 Å². The summed E-state index contributed by atoms with van der Waals surface area (Å²) in [7, 11) is 0. The molecule has 0 bridgehead atoms. The predicted octanol–water partition coefficient (Wildman–Crippen LogP) is -1.39. The summed E-state index contributed by atoms with van der Waals surface area (Å²) in [5, 5.41) is 11.3. The number of carboxylic acids is 1. The topological polar surface area (TPSA) is 130 Å². The molecule has 0 aromatic carbocycles. The zero-order valence-corrected chi connectivity index (χ0v) is 10.9. The van der Waals surface area contributed by atoms with Gasteiger partial charge >= 0.3 is 5.97 Å². The van der Waals surface area contributed by atoms with Crippen molar-refractivity contribution in [2.75, 3.05) is 13.1 Å². The minimum absolute atomic E-state index is 0.248. The van der Waals surface area contributed by atoms with Crippen molar-refractivity contribution in [2.45, 2.75) is 25.3 Å². The molecular weight excluding hydrogens is 266 g/mol. The van der Waals surface area contributed by atoms with Crippen LogP contribution in [0, 0.1) is 0 Å². The van der Waals surface area contributed by atoms with E-state index in [4.69, 9.17) is 10.8 Å². The van der Waals surface area contributed by atoms with Gasteiger partial charge in [-0.05, 0) is 25.8 Å². The van der Waals surface area contributed by atoms with E-state index in [1.165, 1.54) is 0 Å². The van der Waals surface area contributed by atoms with Crippen LogP contribution in [0.4, 0.5) is 0 Å². The number of unbranched alkanes of at least 4 members (excludes halogenated alkanes) is 1. The van der Waals surface area contributed by atoms with E-state index in [0.29, 0.717) is 19.4 Å². The Labute approximate surface area is 115 Å². The van der Waals surface area contributed by atoms with Crippen molar-refractivity contribution < 1.29 is 24.3 Å². The molecule has 1 heterocycles. The van der Waals surface area contributed by atoms with Crippen LogP contribution in [0.3, 0.4) is 0 Å². The summed E-state index contributed by atoms with van der Waals surface area (Å²) in [6, 6.07) is -1.05. The van der Waals surface area contributed by atoms with Gasteiger partial charge in [-0.3, -0.25) is 19.3 Å². The van der Waals surface area contributed by atoms with Gasteiger partial charge in [0.05, 0.1) is 0 Å². The second kappa shape index (κ2) is 7.39. The molecular formula is C12H17N3O5. The highest BCUT2D eigenvalue weighted by molar-refractivity contribution is 6.14. The molecule has 0 radical (unpaired) electrons. The van der Waals surface area contributed by atoms with Gasteiger partial charge in [0.2, 0.25) is 5.91 Å². The summed E-state index contributed by atoms with van der Waals surface area (Å²) >= 11 is 0. The van der Waals surface area contributed by atoms with E-state index in [2.05, 4.69) is 5.32 Å². The molecule has 0 saturated carbocycles. The van der Waals surface area contributed by atoms with Crippen LogP contribution in [-0.4, -0.2) is 52.8 Å². The van der Waals surface area contributed by atoms with Gasteiger partial charge in [0.1, 0.15) is 12.6 Å². The summed E-state index contributed by atoms with van der Waals surface area (Å²) in [4.78, 5) is 45.9. The number of carbonyl (C=O) groups is 4. The molecule has 0 aromatic rings. The fourth-order valence-electron chi connectivity index (χ4n) is 1.72. The van der Waals surface area contributed by atoms with Crippen LogP contribution in [0.2, 0.25) is 0 Å². The van der Waals surface area contributed by atoms with Gasteiger partial charge in [0, 0.05) is 12.2 Å². The van der Waals surface area contributed by atoms with E-state index in [1.807, 2.05) is 0 Å². The Morgan fingerprint density at radius 2 is 1.85 bits per heavy atom. The fourth-order valence-corrected chi connectivity index (χ4v) is 1.72. The van der Waals surface area contributed by atoms with Crippen LogP contribution < -0.4 is 11.1 Å². The van der Waals surface area contributed by atoms with Crippen LogP contribution in [0.5, 0.6) is 0 Å². The van der Waals surface area contributed by atoms with Crippen LogP contribution >= 0.6 is 0 Å². The molecule has 4 N–H and O–H groups in total. The molecule has 20 heavy (non-hydrogen) atoms. The monoisotopic (exact) mass is 283 g/mol. The van der Waals surface area contributed by atoms with Gasteiger partial charge in [-0.15, -0.1) is 0 Å². The van der Waals surface area contributed by atoms with Crippen LogP contribution in [0.1, 0.15) is 19.3 Å². The first-order chi connectivity index (χ1) is 9.45. The minimum Gasteiger partial charge on any atom is -0.480 e. The standard InChI is InChI=1S/C12H17N3O5/c13-6-2-1-3-8(12(19)20)14-9(16)7-15-10(17)4-5-11(15)18/h4-5,8H,1-3,6-7,13H2,(H,14,16)(H,19,20)/t8-/m1/s1. The van der Waals surface area contributed by atoms with Crippen molar-refractivity contribution in [3.05, 3.63) is 12.2 Å². The van der Waals surface area contributed by atoms with Crippen molar-refractivity contribution in [1.82, 2.24) is 10.2 Å². The number of nitrogens with zero attached hydrogens (tertiary/aromatic N) is 1. The zero-order chi connectivity index (χ0) is 15.1. The Hall–Kier alpha value is -2.22. The lowest BCUT2D eigenvalue weighted by atomic mass is 10.1. The molecule has 0 saturated heterocycles. The maximum absolute atomic E-state index is 11.7. The number of carboxylic acid groups (broad SMARTS) is 1. The smallest absolute Gasteiger partial charge is 0.326 e. The number of hydrogen-bond acceptors (Lipinski definition) is 5. The number of rotatable bonds is 8. The fraction of sp³-hybridized carbons (Fsp3) is 0.500. The first kappa shape index (κ1) is 15.8. The molecule has 0 aromatic heterocycles. The van der Waals surface area contributed by atoms with E-state index in [0.717, 1.165) is 17.1 Å². The molecule has 1 aliphatic rings. The third-order valence-electron chi connectivity index (χ3n) is 2.78. The summed E-state index contributed by atoms with van der Waals surface area (Å²) < 4.78 is 0. The SMILES string of the molecule is NCCCC[C@@H](NC(=O)CN1C(=O)C=CC1=O)C(=O)O. The lowest BCUT2D eigenvalue weighted by molar-refractivity contribution is -0.143. The number of nitrogens with two attached hydrogens (primary N) is 1. The molecule has 0 fully saturated rings. The zero-order valence-electron chi connectivity index (χ0n) is 10.9. The summed E-state index contributed by atoms with van der Waals surface area (Å²) in [6.07, 6.45) is 3.60. The van der Waals surface area contributed by atoms with E-state index in [-0.39, 0.29) is 6.42 Å². The van der Waals surface area contributed by atoms with Crippen LogP contribution in [0.15, 0.2) is 12.2 Å². The molecule has 110 valence electrons. The second-order valence-corrected chi connectivity index (χ2v) is 4.34. The first-order valence-corrected chi connectivity index (χ1v) is 6.21. The minimum atomic E-state index is -1.16. The van der Waals surface area contributed by atoms with Gasteiger partial charge in [0.15, 0.2) is 0 Å². The Morgan fingerprint density at radius 3 is 2.35 bits per heavy atom. The average molecular weight is 283 g/mol. The predicted molar refractivity (Wildman–Crippen MR) is 68.3 cm³/mol. The Kier molecular flexibility index (Phi) is 5.85. The third-order valence-corrected chi connectivity index (χ3v) is 2.78. The van der Waals surface area contributed by atoms with Gasteiger partial charge in [-0.25, -0.2) is 4.79 Å². The number of hydrogen-bond donors (Lipinski definition) is 3. The molecule has 1 rings (SSSR count). The molecule has 8 heteroatoms. The second-order valence-electron chi connectivity index (χ2n) is 4.34. The number of nitrogens with one attached hydrogen (secondary N) is 1. The molecule has 0 spiro atoms. The summed E-state index contributed by atoms with van der Waals surface area (Å²) in [5.41, 5.74) is 5.31. The number of imide groups is 1. The Balaban J connectivity index is 2.47. The normalized spacial score (nSPS) is 15.6.